The van der Waals surface area contributed by atoms with Crippen molar-refractivity contribution in [1.82, 2.24) is 16.0 Å². The van der Waals surface area contributed by atoms with E-state index >= 15 is 0 Å². The summed E-state index contributed by atoms with van der Waals surface area (Å²) in [5.74, 6) is -4.63. The monoisotopic (exact) mass is 416 g/mol. The van der Waals surface area contributed by atoms with E-state index in [1.807, 2.05) is 0 Å². The van der Waals surface area contributed by atoms with Gasteiger partial charge in [-0.3, -0.25) is 19.2 Å². The van der Waals surface area contributed by atoms with Gasteiger partial charge in [-0.2, -0.15) is 0 Å². The molecule has 12 nitrogen and oxygen atoms in total. The van der Waals surface area contributed by atoms with E-state index in [1.165, 1.54) is 0 Å². The highest BCUT2D eigenvalue weighted by atomic mass is 16.4. The van der Waals surface area contributed by atoms with Gasteiger partial charge in [0, 0.05) is 0 Å². The van der Waals surface area contributed by atoms with Crippen molar-refractivity contribution in [3.05, 3.63) is 0 Å². The average Bonchev–Trinajstić information content (AvgIpc) is 2.63. The van der Waals surface area contributed by atoms with Crippen molar-refractivity contribution in [2.24, 2.45) is 23.1 Å². The van der Waals surface area contributed by atoms with Crippen molar-refractivity contribution in [2.75, 3.05) is 13.1 Å². The molecule has 4 amide bonds. The first-order chi connectivity index (χ1) is 13.5. The van der Waals surface area contributed by atoms with E-state index in [0.717, 1.165) is 0 Å². The second kappa shape index (κ2) is 13.4. The molecule has 0 saturated heterocycles. The van der Waals surface area contributed by atoms with Gasteiger partial charge in [-0.15, -0.1) is 0 Å². The highest BCUT2D eigenvalue weighted by Crippen LogP contribution is 2.05. The highest BCUT2D eigenvalue weighted by Gasteiger charge is 2.31. The van der Waals surface area contributed by atoms with Crippen molar-refractivity contribution >= 4 is 29.6 Å². The molecule has 29 heavy (non-hydrogen) atoms. The zero-order chi connectivity index (χ0) is 22.6. The molecule has 0 aliphatic rings. The Labute approximate surface area is 169 Å². The maximum Gasteiger partial charge on any atom is 0.326 e. The number of hydrogen-bond donors (Lipinski definition) is 7. The Kier molecular flexibility index (Phi) is 12.2. The highest BCUT2D eigenvalue weighted by molar-refractivity contribution is 5.95. The molecule has 0 aromatic heterocycles. The van der Waals surface area contributed by atoms with Crippen LogP contribution in [0.4, 0.5) is 0 Å². The lowest BCUT2D eigenvalue weighted by molar-refractivity contribution is -0.142. The van der Waals surface area contributed by atoms with Crippen LogP contribution in [0.1, 0.15) is 39.5 Å². The van der Waals surface area contributed by atoms with Gasteiger partial charge in [-0.1, -0.05) is 13.8 Å². The van der Waals surface area contributed by atoms with Crippen LogP contribution in [0.25, 0.3) is 0 Å². The first kappa shape index (κ1) is 26.3. The molecule has 0 fully saturated rings. The molecule has 3 unspecified atom stereocenters. The third-order valence-corrected chi connectivity index (χ3v) is 4.05. The lowest BCUT2D eigenvalue weighted by atomic mass is 10.0. The van der Waals surface area contributed by atoms with Crippen LogP contribution in [0.5, 0.6) is 0 Å². The number of rotatable bonds is 14. The molecule has 0 aromatic carbocycles. The summed E-state index contributed by atoms with van der Waals surface area (Å²) in [6.45, 7) is 3.39. The summed E-state index contributed by atoms with van der Waals surface area (Å²) >= 11 is 0. The van der Waals surface area contributed by atoms with Gasteiger partial charge in [-0.25, -0.2) is 4.79 Å². The molecule has 0 rings (SSSR count). The number of hydrogen-bond acceptors (Lipinski definition) is 7. The van der Waals surface area contributed by atoms with Crippen molar-refractivity contribution in [3.8, 4) is 0 Å². The SMILES string of the molecule is CC(C)C(NC(=O)CN)C(=O)NC(CC(N)=O)C(=O)NC(CCCCN)C(=O)O. The van der Waals surface area contributed by atoms with Crippen LogP contribution in [0, 0.1) is 5.92 Å². The molecule has 0 radical (unpaired) electrons. The Morgan fingerprint density at radius 2 is 1.48 bits per heavy atom. The lowest BCUT2D eigenvalue weighted by Gasteiger charge is -2.25. The molecule has 0 heterocycles. The molecule has 3 atom stereocenters. The number of primary amides is 1. The summed E-state index contributed by atoms with van der Waals surface area (Å²) in [6, 6.07) is -3.61. The summed E-state index contributed by atoms with van der Waals surface area (Å²) in [6.07, 6.45) is 0.651. The van der Waals surface area contributed by atoms with Gasteiger partial charge in [-0.05, 0) is 31.7 Å². The van der Waals surface area contributed by atoms with E-state index in [0.29, 0.717) is 19.4 Å². The summed E-state index contributed by atoms with van der Waals surface area (Å²) in [7, 11) is 0. The van der Waals surface area contributed by atoms with Gasteiger partial charge in [0.1, 0.15) is 18.1 Å². The maximum absolute atomic E-state index is 12.5. The van der Waals surface area contributed by atoms with Crippen LogP contribution >= 0.6 is 0 Å². The van der Waals surface area contributed by atoms with E-state index in [4.69, 9.17) is 17.2 Å². The van der Waals surface area contributed by atoms with Gasteiger partial charge in [0.15, 0.2) is 0 Å². The fraction of sp³-hybridized carbons (Fsp3) is 0.706. The van der Waals surface area contributed by atoms with Gasteiger partial charge >= 0.3 is 5.97 Å². The largest absolute Gasteiger partial charge is 0.480 e. The second-order valence-electron chi connectivity index (χ2n) is 6.91. The molecule has 12 heteroatoms. The molecule has 0 aliphatic carbocycles. The Morgan fingerprint density at radius 3 is 1.93 bits per heavy atom. The minimum absolute atomic E-state index is 0.136. The minimum atomic E-state index is -1.40. The quantitative estimate of drug-likeness (QED) is 0.146. The maximum atomic E-state index is 12.5. The van der Waals surface area contributed by atoms with E-state index < -0.39 is 54.1 Å². The number of nitrogens with one attached hydrogen (secondary N) is 3. The molecular formula is C17H32N6O6. The normalized spacial score (nSPS) is 13.8. The Hall–Kier alpha value is -2.73. The van der Waals surface area contributed by atoms with Crippen LogP contribution in [-0.4, -0.2) is 65.9 Å². The zero-order valence-electron chi connectivity index (χ0n) is 16.8. The average molecular weight is 416 g/mol. The fourth-order valence-electron chi connectivity index (χ4n) is 2.46. The van der Waals surface area contributed by atoms with Crippen LogP contribution in [-0.2, 0) is 24.0 Å². The number of amides is 4. The molecule has 0 bridgehead atoms. The van der Waals surface area contributed by atoms with Gasteiger partial charge in [0.25, 0.3) is 0 Å². The minimum Gasteiger partial charge on any atom is -0.480 e. The second-order valence-corrected chi connectivity index (χ2v) is 6.91. The van der Waals surface area contributed by atoms with Crippen LogP contribution in [0.15, 0.2) is 0 Å². The Balaban J connectivity index is 5.27. The van der Waals surface area contributed by atoms with E-state index in [1.54, 1.807) is 13.8 Å². The summed E-state index contributed by atoms with van der Waals surface area (Å²) in [5.41, 5.74) is 15.8. The number of carbonyl (C=O) groups excluding carboxylic acids is 4. The van der Waals surface area contributed by atoms with Crippen molar-refractivity contribution < 1.29 is 29.1 Å². The summed E-state index contributed by atoms with van der Waals surface area (Å²) in [5, 5.41) is 16.3. The van der Waals surface area contributed by atoms with E-state index in [-0.39, 0.29) is 18.9 Å². The molecule has 0 aromatic rings. The van der Waals surface area contributed by atoms with Crippen LogP contribution in [0.2, 0.25) is 0 Å². The predicted molar refractivity (Wildman–Crippen MR) is 104 cm³/mol. The fourth-order valence-corrected chi connectivity index (χ4v) is 2.46. The summed E-state index contributed by atoms with van der Waals surface area (Å²) < 4.78 is 0. The van der Waals surface area contributed by atoms with E-state index in [2.05, 4.69) is 16.0 Å². The lowest BCUT2D eigenvalue weighted by Crippen LogP contribution is -2.58. The molecule has 0 aliphatic heterocycles. The topological polar surface area (TPSA) is 220 Å². The molecule has 0 saturated carbocycles. The van der Waals surface area contributed by atoms with E-state index in [9.17, 15) is 29.1 Å². The van der Waals surface area contributed by atoms with Crippen molar-refractivity contribution in [3.63, 3.8) is 0 Å². The van der Waals surface area contributed by atoms with Gasteiger partial charge < -0.3 is 38.3 Å². The zero-order valence-corrected chi connectivity index (χ0v) is 16.8. The first-order valence-corrected chi connectivity index (χ1v) is 9.34. The smallest absolute Gasteiger partial charge is 0.326 e. The van der Waals surface area contributed by atoms with Gasteiger partial charge in [0.2, 0.25) is 23.6 Å². The molecular weight excluding hydrogens is 384 g/mol. The number of carboxylic acids is 1. The van der Waals surface area contributed by atoms with Crippen LogP contribution < -0.4 is 33.2 Å². The first-order valence-electron chi connectivity index (χ1n) is 9.34. The third kappa shape index (κ3) is 10.4. The molecule has 0 spiro atoms. The summed E-state index contributed by atoms with van der Waals surface area (Å²) in [4.78, 5) is 59.3. The third-order valence-electron chi connectivity index (χ3n) is 4.05. The number of aliphatic carboxylic acids is 1. The Morgan fingerprint density at radius 1 is 0.897 bits per heavy atom. The predicted octanol–water partition coefficient (Wildman–Crippen LogP) is -2.86. The standard InChI is InChI=1S/C17H32N6O6/c1-9(2)14(23-13(25)8-19)16(27)22-11(7-12(20)24)15(26)21-10(17(28)29)5-3-4-6-18/h9-11,14H,3-8,18-19H2,1-2H3,(H2,20,24)(H,21,26)(H,22,27)(H,23,25)(H,28,29). The Bertz CT molecular complexity index is 597. The van der Waals surface area contributed by atoms with Crippen molar-refractivity contribution in [2.45, 2.75) is 57.7 Å². The molecule has 10 N–H and O–H groups in total. The number of unbranched alkanes of at least 4 members (excludes halogenated alkanes) is 1. The number of nitrogens with two attached hydrogens (primary N) is 3. The number of carbonyl (C=O) groups is 5. The van der Waals surface area contributed by atoms with Crippen LogP contribution in [0.3, 0.4) is 0 Å². The van der Waals surface area contributed by atoms with Gasteiger partial charge in [0.05, 0.1) is 13.0 Å². The molecule has 166 valence electrons. The number of carboxylic acid groups (broad SMARTS) is 1. The van der Waals surface area contributed by atoms with Crippen molar-refractivity contribution in [1.29, 1.82) is 0 Å².